The predicted molar refractivity (Wildman–Crippen MR) is 84.2 cm³/mol. The van der Waals surface area contributed by atoms with Gasteiger partial charge in [-0.15, -0.1) is 11.3 Å². The minimum Gasteiger partial charge on any atom is -0.328 e. The molecule has 0 fully saturated rings. The van der Waals surface area contributed by atoms with Crippen molar-refractivity contribution < 1.29 is 0 Å². The smallest absolute Gasteiger partial charge is 0.150 e. The summed E-state index contributed by atoms with van der Waals surface area (Å²) in [6.45, 7) is 0.471. The van der Waals surface area contributed by atoms with Crippen LogP contribution in [0.15, 0.2) is 54.2 Å². The second-order valence-electron chi connectivity index (χ2n) is 4.41. The van der Waals surface area contributed by atoms with Gasteiger partial charge in [0.1, 0.15) is 0 Å². The Morgan fingerprint density at radius 3 is 2.80 bits per heavy atom. The van der Waals surface area contributed by atoms with Crippen molar-refractivity contribution in [2.75, 3.05) is 6.54 Å². The van der Waals surface area contributed by atoms with Crippen LogP contribution in [0.2, 0.25) is 5.02 Å². The third-order valence-electron chi connectivity index (χ3n) is 3.23. The lowest BCUT2D eigenvalue weighted by atomic mass is 10.1. The Hall–Kier alpha value is -1.62. The van der Waals surface area contributed by atoms with Crippen LogP contribution in [0.5, 0.6) is 0 Å². The van der Waals surface area contributed by atoms with Gasteiger partial charge in [0.2, 0.25) is 0 Å². The second kappa shape index (κ2) is 5.79. The fourth-order valence-electron chi connectivity index (χ4n) is 2.30. The van der Waals surface area contributed by atoms with E-state index in [1.807, 2.05) is 41.9 Å². The van der Waals surface area contributed by atoms with Crippen LogP contribution in [0.4, 0.5) is 0 Å². The topological polar surface area (TPSA) is 43.8 Å². The summed E-state index contributed by atoms with van der Waals surface area (Å²) in [6, 6.07) is 11.9. The molecule has 3 rings (SSSR count). The van der Waals surface area contributed by atoms with E-state index in [1.165, 1.54) is 0 Å². The van der Waals surface area contributed by atoms with Gasteiger partial charge in [-0.1, -0.05) is 35.9 Å². The summed E-state index contributed by atoms with van der Waals surface area (Å²) in [4.78, 5) is 5.58. The van der Waals surface area contributed by atoms with Crippen molar-refractivity contribution in [2.24, 2.45) is 5.73 Å². The lowest BCUT2D eigenvalue weighted by Crippen LogP contribution is -2.21. The highest BCUT2D eigenvalue weighted by molar-refractivity contribution is 7.13. The lowest BCUT2D eigenvalue weighted by molar-refractivity contribution is 0.601. The maximum atomic E-state index is 6.31. The summed E-state index contributed by atoms with van der Waals surface area (Å²) in [7, 11) is 0. The highest BCUT2D eigenvalue weighted by Gasteiger charge is 2.18. The van der Waals surface area contributed by atoms with Gasteiger partial charge < -0.3 is 10.3 Å². The molecule has 2 N–H and O–H groups in total. The summed E-state index contributed by atoms with van der Waals surface area (Å²) in [5, 5.41) is 2.77. The van der Waals surface area contributed by atoms with Crippen molar-refractivity contribution in [3.63, 3.8) is 0 Å². The van der Waals surface area contributed by atoms with Gasteiger partial charge in [0, 0.05) is 24.0 Å². The highest BCUT2D eigenvalue weighted by Crippen LogP contribution is 2.30. The number of benzene rings is 1. The second-order valence-corrected chi connectivity index (χ2v) is 5.76. The summed E-state index contributed by atoms with van der Waals surface area (Å²) < 4.78 is 2.09. The molecular weight excluding hydrogens is 290 g/mol. The minimum absolute atomic E-state index is 0.0108. The van der Waals surface area contributed by atoms with E-state index in [1.54, 1.807) is 17.5 Å². The maximum Gasteiger partial charge on any atom is 0.150 e. The van der Waals surface area contributed by atoms with Crippen LogP contribution in [-0.2, 0) is 0 Å². The van der Waals surface area contributed by atoms with Crippen molar-refractivity contribution in [2.45, 2.75) is 6.04 Å². The average Bonchev–Trinajstić information content (AvgIpc) is 3.11. The summed E-state index contributed by atoms with van der Waals surface area (Å²) >= 11 is 7.97. The molecule has 0 amide bonds. The monoisotopic (exact) mass is 303 g/mol. The Kier molecular flexibility index (Phi) is 3.87. The van der Waals surface area contributed by atoms with Crippen molar-refractivity contribution in [3.05, 3.63) is 64.8 Å². The zero-order chi connectivity index (χ0) is 13.9. The average molecular weight is 304 g/mol. The third-order valence-corrected chi connectivity index (χ3v) is 4.44. The molecule has 2 aromatic heterocycles. The van der Waals surface area contributed by atoms with Gasteiger partial charge >= 0.3 is 0 Å². The van der Waals surface area contributed by atoms with Crippen LogP contribution < -0.4 is 5.73 Å². The first kappa shape index (κ1) is 13.4. The molecule has 1 unspecified atom stereocenters. The van der Waals surface area contributed by atoms with E-state index in [0.29, 0.717) is 6.54 Å². The molecule has 0 saturated heterocycles. The Labute approximate surface area is 126 Å². The number of imidazole rings is 1. The van der Waals surface area contributed by atoms with Crippen LogP contribution in [0.3, 0.4) is 0 Å². The van der Waals surface area contributed by atoms with Gasteiger partial charge in [-0.2, -0.15) is 0 Å². The van der Waals surface area contributed by atoms with Crippen molar-refractivity contribution in [1.29, 1.82) is 0 Å². The van der Waals surface area contributed by atoms with Crippen LogP contribution in [0, 0.1) is 0 Å². The zero-order valence-corrected chi connectivity index (χ0v) is 12.3. The molecule has 1 atom stereocenters. The molecule has 2 heterocycles. The molecule has 1 aromatic carbocycles. The summed E-state index contributed by atoms with van der Waals surface area (Å²) in [5.74, 6) is 0.926. The number of hydrogen-bond donors (Lipinski definition) is 1. The van der Waals surface area contributed by atoms with E-state index in [0.717, 1.165) is 21.3 Å². The fourth-order valence-corrected chi connectivity index (χ4v) is 3.28. The number of halogens is 1. The van der Waals surface area contributed by atoms with Crippen LogP contribution in [0.25, 0.3) is 10.7 Å². The van der Waals surface area contributed by atoms with Gasteiger partial charge in [-0.05, 0) is 23.1 Å². The van der Waals surface area contributed by atoms with Gasteiger partial charge in [0.05, 0.1) is 10.9 Å². The molecule has 0 aliphatic carbocycles. The van der Waals surface area contributed by atoms with Gasteiger partial charge in [0.25, 0.3) is 0 Å². The number of rotatable bonds is 4. The van der Waals surface area contributed by atoms with Gasteiger partial charge in [-0.25, -0.2) is 4.98 Å². The molecule has 0 bridgehead atoms. The molecule has 5 heteroatoms. The Bertz CT molecular complexity index is 691. The van der Waals surface area contributed by atoms with E-state index in [9.17, 15) is 0 Å². The van der Waals surface area contributed by atoms with E-state index in [4.69, 9.17) is 17.3 Å². The Morgan fingerprint density at radius 1 is 1.25 bits per heavy atom. The van der Waals surface area contributed by atoms with Crippen molar-refractivity contribution in [1.82, 2.24) is 9.55 Å². The summed E-state index contributed by atoms with van der Waals surface area (Å²) in [6.07, 6.45) is 3.75. The van der Waals surface area contributed by atoms with Gasteiger partial charge in [0.15, 0.2) is 5.82 Å². The first-order valence-electron chi connectivity index (χ1n) is 6.32. The van der Waals surface area contributed by atoms with E-state index < -0.39 is 0 Å². The molecule has 0 radical (unpaired) electrons. The highest BCUT2D eigenvalue weighted by atomic mass is 35.5. The van der Waals surface area contributed by atoms with Crippen LogP contribution >= 0.6 is 22.9 Å². The van der Waals surface area contributed by atoms with Crippen molar-refractivity contribution in [3.8, 4) is 10.7 Å². The number of hydrogen-bond acceptors (Lipinski definition) is 3. The fraction of sp³-hybridized carbons (Fsp3) is 0.133. The van der Waals surface area contributed by atoms with Crippen LogP contribution in [0.1, 0.15) is 11.6 Å². The first-order chi connectivity index (χ1) is 9.81. The SMILES string of the molecule is NCC(c1ccccc1Cl)n1ccnc1-c1cccs1. The first-order valence-corrected chi connectivity index (χ1v) is 7.58. The lowest BCUT2D eigenvalue weighted by Gasteiger charge is -2.20. The Balaban J connectivity index is 2.08. The predicted octanol–water partition coefficient (Wildman–Crippen LogP) is 3.81. The molecule has 0 aliphatic heterocycles. The number of nitrogens with zero attached hydrogens (tertiary/aromatic N) is 2. The summed E-state index contributed by atoms with van der Waals surface area (Å²) in [5.41, 5.74) is 7.00. The van der Waals surface area contributed by atoms with Crippen molar-refractivity contribution >= 4 is 22.9 Å². The number of aromatic nitrogens is 2. The van der Waals surface area contributed by atoms with Gasteiger partial charge in [-0.3, -0.25) is 0 Å². The Morgan fingerprint density at radius 2 is 2.10 bits per heavy atom. The third kappa shape index (κ3) is 2.38. The zero-order valence-electron chi connectivity index (χ0n) is 10.7. The molecule has 20 heavy (non-hydrogen) atoms. The molecule has 3 aromatic rings. The van der Waals surface area contributed by atoms with E-state index >= 15 is 0 Å². The molecule has 102 valence electrons. The van der Waals surface area contributed by atoms with E-state index in [2.05, 4.69) is 15.6 Å². The largest absolute Gasteiger partial charge is 0.328 e. The molecule has 3 nitrogen and oxygen atoms in total. The normalized spacial score (nSPS) is 12.5. The van der Waals surface area contributed by atoms with E-state index in [-0.39, 0.29) is 6.04 Å². The molecule has 0 aliphatic rings. The molecular formula is C15H14ClN3S. The molecule has 0 saturated carbocycles. The molecule has 0 spiro atoms. The standard InChI is InChI=1S/C15H14ClN3S/c16-12-5-2-1-4-11(12)13(10-17)19-8-7-18-15(19)14-6-3-9-20-14/h1-9,13H,10,17H2. The maximum absolute atomic E-state index is 6.31. The van der Waals surface area contributed by atoms with Crippen LogP contribution in [-0.4, -0.2) is 16.1 Å². The quantitative estimate of drug-likeness (QED) is 0.796. The number of thiophene rings is 1. The number of nitrogens with two attached hydrogens (primary N) is 1. The minimum atomic E-state index is -0.0108.